The molecule has 0 saturated heterocycles. The molecule has 0 aliphatic carbocycles. The fraction of sp³-hybridized carbons (Fsp3) is 0.136. The maximum absolute atomic E-state index is 12.7. The summed E-state index contributed by atoms with van der Waals surface area (Å²) >= 11 is 1.46. The summed E-state index contributed by atoms with van der Waals surface area (Å²) < 4.78 is 45.6. The summed E-state index contributed by atoms with van der Waals surface area (Å²) in [6.45, 7) is 0.221. The third-order valence-corrected chi connectivity index (χ3v) is 5.70. The van der Waals surface area contributed by atoms with Gasteiger partial charge >= 0.3 is 12.1 Å². The number of carboxylic acids is 1. The Bertz CT molecular complexity index is 1190. The molecule has 8 heteroatoms. The van der Waals surface area contributed by atoms with Crippen LogP contribution in [0.3, 0.4) is 0 Å². The summed E-state index contributed by atoms with van der Waals surface area (Å²) in [6, 6.07) is 16.1. The van der Waals surface area contributed by atoms with Gasteiger partial charge in [-0.25, -0.2) is 0 Å². The second-order valence-corrected chi connectivity index (χ2v) is 7.86. The van der Waals surface area contributed by atoms with Gasteiger partial charge in [-0.3, -0.25) is 4.79 Å². The molecule has 0 atom stereocenters. The second kappa shape index (κ2) is 7.87. The molecule has 0 bridgehead atoms. The molecule has 2 aromatic heterocycles. The van der Waals surface area contributed by atoms with E-state index in [0.717, 1.165) is 38.4 Å². The summed E-state index contributed by atoms with van der Waals surface area (Å²) in [5.41, 5.74) is 0.866. The van der Waals surface area contributed by atoms with Crippen LogP contribution in [0.1, 0.15) is 10.4 Å². The minimum Gasteiger partial charge on any atom is -0.488 e. The molecule has 154 valence electrons. The number of aliphatic carboxylic acids is 1. The summed E-state index contributed by atoms with van der Waals surface area (Å²) in [5, 5.41) is 9.83. The first-order valence-corrected chi connectivity index (χ1v) is 9.81. The van der Waals surface area contributed by atoms with Crippen molar-refractivity contribution in [3.05, 3.63) is 77.3 Å². The Kier molecular flexibility index (Phi) is 5.26. The van der Waals surface area contributed by atoms with Crippen molar-refractivity contribution < 1.29 is 27.8 Å². The highest BCUT2D eigenvalue weighted by Crippen LogP contribution is 2.33. The van der Waals surface area contributed by atoms with E-state index in [0.29, 0.717) is 12.4 Å². The van der Waals surface area contributed by atoms with Gasteiger partial charge in [-0.1, -0.05) is 12.1 Å². The molecule has 2 heterocycles. The molecular weight excluding hydrogens is 415 g/mol. The molecule has 4 aromatic rings. The Labute approximate surface area is 173 Å². The highest BCUT2D eigenvalue weighted by atomic mass is 32.1. The fourth-order valence-electron chi connectivity index (χ4n) is 3.14. The Balaban J connectivity index is 1.43. The van der Waals surface area contributed by atoms with Crippen molar-refractivity contribution in [3.63, 3.8) is 0 Å². The molecule has 0 fully saturated rings. The molecule has 1 N–H and O–H groups in total. The Morgan fingerprint density at radius 1 is 1.03 bits per heavy atom. The van der Waals surface area contributed by atoms with Gasteiger partial charge in [0.2, 0.25) is 0 Å². The van der Waals surface area contributed by atoms with Crippen LogP contribution in [0.25, 0.3) is 21.3 Å². The van der Waals surface area contributed by atoms with E-state index >= 15 is 0 Å². The number of thiophene rings is 1. The highest BCUT2D eigenvalue weighted by Gasteiger charge is 2.30. The molecule has 30 heavy (non-hydrogen) atoms. The molecule has 4 rings (SSSR count). The Morgan fingerprint density at radius 3 is 2.50 bits per heavy atom. The maximum Gasteiger partial charge on any atom is 0.416 e. The normalized spacial score (nSPS) is 11.7. The van der Waals surface area contributed by atoms with Gasteiger partial charge in [0.05, 0.1) is 5.56 Å². The minimum atomic E-state index is -4.34. The number of carboxylic acid groups (broad SMARTS) is 1. The third-order valence-electron chi connectivity index (χ3n) is 4.59. The van der Waals surface area contributed by atoms with Gasteiger partial charge in [-0.05, 0) is 54.1 Å². The van der Waals surface area contributed by atoms with E-state index in [9.17, 15) is 18.0 Å². The number of carbonyl (C=O) groups is 1. The van der Waals surface area contributed by atoms with Gasteiger partial charge in [0.1, 0.15) is 18.9 Å². The van der Waals surface area contributed by atoms with Crippen molar-refractivity contribution in [2.45, 2.75) is 19.3 Å². The first kappa shape index (κ1) is 20.0. The van der Waals surface area contributed by atoms with Gasteiger partial charge in [-0.15, -0.1) is 11.3 Å². The van der Waals surface area contributed by atoms with Crippen molar-refractivity contribution in [1.29, 1.82) is 0 Å². The maximum atomic E-state index is 12.7. The average Bonchev–Trinajstić information content (AvgIpc) is 3.33. The Hall–Kier alpha value is -3.26. The van der Waals surface area contributed by atoms with Crippen LogP contribution >= 0.6 is 11.3 Å². The van der Waals surface area contributed by atoms with Crippen LogP contribution < -0.4 is 4.74 Å². The van der Waals surface area contributed by atoms with E-state index in [1.54, 1.807) is 16.8 Å². The first-order chi connectivity index (χ1) is 14.3. The summed E-state index contributed by atoms with van der Waals surface area (Å²) in [4.78, 5) is 12.7. The third kappa shape index (κ3) is 4.33. The molecule has 0 radical (unpaired) electrons. The molecule has 2 aromatic carbocycles. The molecule has 0 spiro atoms. The van der Waals surface area contributed by atoms with Crippen LogP contribution in [0.4, 0.5) is 13.2 Å². The largest absolute Gasteiger partial charge is 0.488 e. The van der Waals surface area contributed by atoms with Gasteiger partial charge in [0, 0.05) is 26.9 Å². The second-order valence-electron chi connectivity index (χ2n) is 6.69. The lowest BCUT2D eigenvalue weighted by Gasteiger charge is -2.07. The number of alkyl halides is 3. The summed E-state index contributed by atoms with van der Waals surface area (Å²) in [7, 11) is 0. The summed E-state index contributed by atoms with van der Waals surface area (Å²) in [5.74, 6) is -0.255. The SMILES string of the molecule is O=C(O)Cn1ccc2cc(OCc3ccc(-c4ccc(C(F)(F)F)cc4)s3)ccc21. The lowest BCUT2D eigenvalue weighted by atomic mass is 10.1. The molecular formula is C22H16F3NO3S. The smallest absolute Gasteiger partial charge is 0.416 e. The first-order valence-electron chi connectivity index (χ1n) is 8.99. The van der Waals surface area contributed by atoms with E-state index in [4.69, 9.17) is 9.84 Å². The zero-order chi connectivity index (χ0) is 21.3. The molecule has 0 unspecified atom stereocenters. The van der Waals surface area contributed by atoms with Crippen LogP contribution in [0.5, 0.6) is 5.75 Å². The topological polar surface area (TPSA) is 51.5 Å². The van der Waals surface area contributed by atoms with Gasteiger partial charge in [0.15, 0.2) is 0 Å². The number of aromatic nitrogens is 1. The molecule has 0 amide bonds. The number of hydrogen-bond donors (Lipinski definition) is 1. The number of fused-ring (bicyclic) bond motifs is 1. The van der Waals surface area contributed by atoms with Crippen LogP contribution in [0, 0.1) is 0 Å². The van der Waals surface area contributed by atoms with Crippen molar-refractivity contribution in [1.82, 2.24) is 4.57 Å². The Morgan fingerprint density at radius 2 is 1.80 bits per heavy atom. The van der Waals surface area contributed by atoms with Gasteiger partial charge in [-0.2, -0.15) is 13.2 Å². The van der Waals surface area contributed by atoms with E-state index in [1.165, 1.54) is 23.5 Å². The highest BCUT2D eigenvalue weighted by molar-refractivity contribution is 7.15. The van der Waals surface area contributed by atoms with Crippen LogP contribution in [-0.2, 0) is 24.1 Å². The van der Waals surface area contributed by atoms with Crippen LogP contribution in [0.2, 0.25) is 0 Å². The van der Waals surface area contributed by atoms with Crippen molar-refractivity contribution >= 4 is 28.2 Å². The van der Waals surface area contributed by atoms with Crippen molar-refractivity contribution in [2.24, 2.45) is 0 Å². The quantitative estimate of drug-likeness (QED) is 0.404. The number of hydrogen-bond acceptors (Lipinski definition) is 3. The minimum absolute atomic E-state index is 0.106. The van der Waals surface area contributed by atoms with E-state index in [2.05, 4.69) is 0 Å². The molecule has 0 saturated carbocycles. The zero-order valence-electron chi connectivity index (χ0n) is 15.5. The number of benzene rings is 2. The van der Waals surface area contributed by atoms with E-state index in [1.807, 2.05) is 30.3 Å². The van der Waals surface area contributed by atoms with Crippen molar-refractivity contribution in [2.75, 3.05) is 0 Å². The molecule has 0 aliphatic heterocycles. The number of ether oxygens (including phenoxy) is 1. The van der Waals surface area contributed by atoms with Gasteiger partial charge in [0.25, 0.3) is 0 Å². The van der Waals surface area contributed by atoms with Gasteiger partial charge < -0.3 is 14.4 Å². The van der Waals surface area contributed by atoms with Crippen LogP contribution in [0.15, 0.2) is 66.9 Å². The fourth-order valence-corrected chi connectivity index (χ4v) is 4.07. The zero-order valence-corrected chi connectivity index (χ0v) is 16.3. The molecule has 0 aliphatic rings. The van der Waals surface area contributed by atoms with E-state index < -0.39 is 17.7 Å². The monoisotopic (exact) mass is 431 g/mol. The lowest BCUT2D eigenvalue weighted by molar-refractivity contribution is -0.138. The van der Waals surface area contributed by atoms with Crippen LogP contribution in [-0.4, -0.2) is 15.6 Å². The van der Waals surface area contributed by atoms with E-state index in [-0.39, 0.29) is 6.54 Å². The average molecular weight is 431 g/mol. The summed E-state index contributed by atoms with van der Waals surface area (Å²) in [6.07, 6.45) is -2.62. The number of halogens is 3. The standard InChI is InChI=1S/C22H16F3NO3S/c23-22(24,25)16-3-1-14(2-4-16)20-8-6-18(30-20)13-29-17-5-7-19-15(11-17)9-10-26(19)12-21(27)28/h1-11H,12-13H2,(H,27,28). The number of rotatable bonds is 6. The number of nitrogens with zero attached hydrogens (tertiary/aromatic N) is 1. The predicted molar refractivity (Wildman–Crippen MR) is 109 cm³/mol. The predicted octanol–water partition coefficient (Wildman–Crippen LogP) is 6.05. The molecule has 4 nitrogen and oxygen atoms in total. The lowest BCUT2D eigenvalue weighted by Crippen LogP contribution is -2.07. The van der Waals surface area contributed by atoms with Crippen molar-refractivity contribution in [3.8, 4) is 16.2 Å².